The number of rotatable bonds is 47. The number of amides is 11. The number of nitrogens with zero attached hydrogens (tertiary/aromatic N) is 9. The van der Waals surface area contributed by atoms with Crippen LogP contribution in [0.1, 0.15) is 141 Å². The molecule has 0 saturated carbocycles. The summed E-state index contributed by atoms with van der Waals surface area (Å²) in [5.74, 6) is -7.49. The summed E-state index contributed by atoms with van der Waals surface area (Å²) in [6.07, 6.45) is 1.82. The van der Waals surface area contributed by atoms with E-state index in [1.807, 2.05) is 103 Å². The second-order valence-corrected chi connectivity index (χ2v) is 38.5. The highest BCUT2D eigenvalue weighted by molar-refractivity contribution is 8.77. The van der Waals surface area contributed by atoms with Gasteiger partial charge in [0, 0.05) is 97.5 Å². The van der Waals surface area contributed by atoms with Crippen LogP contribution < -0.4 is 48.3 Å². The van der Waals surface area contributed by atoms with Crippen molar-refractivity contribution in [3.8, 4) is 0 Å². The summed E-state index contributed by atoms with van der Waals surface area (Å²) >= 11 is 0.916. The Kier molecular flexibility index (Phi) is 40.5. The molecule has 2 aliphatic rings. The number of unbranched alkanes of at least 4 members (excludes halogenated alkanes) is 2. The number of likely N-dealkylation sites (tertiary alicyclic amines) is 2. The van der Waals surface area contributed by atoms with E-state index in [-0.39, 0.29) is 105 Å². The number of hydrogen-bond donors (Lipinski definition) is 10. The molecular weight excluding hydrogens is 1660 g/mol. The fourth-order valence-corrected chi connectivity index (χ4v) is 18.4. The van der Waals surface area contributed by atoms with Crippen molar-refractivity contribution in [3.63, 3.8) is 0 Å². The summed E-state index contributed by atoms with van der Waals surface area (Å²) in [6, 6.07) is 18.6. The van der Waals surface area contributed by atoms with Crippen molar-refractivity contribution >= 4 is 154 Å². The molecule has 5 aromatic rings. The highest BCUT2D eigenvalue weighted by Gasteiger charge is 2.42. The van der Waals surface area contributed by atoms with Crippen molar-refractivity contribution in [2.24, 2.45) is 16.0 Å². The number of H-pyrrole nitrogens is 1. The first-order valence-electron chi connectivity index (χ1n) is 39.7. The number of azide groups is 2. The third-order valence-corrected chi connectivity index (χ3v) is 26.4. The van der Waals surface area contributed by atoms with E-state index in [0.29, 0.717) is 66.0 Å². The van der Waals surface area contributed by atoms with Gasteiger partial charge in [0.25, 0.3) is 5.91 Å². The van der Waals surface area contributed by atoms with Crippen LogP contribution in [0.25, 0.3) is 31.8 Å². The van der Waals surface area contributed by atoms with E-state index in [9.17, 15) is 47.9 Å². The number of nitrogens with one attached hydrogen (secondary N) is 9. The van der Waals surface area contributed by atoms with E-state index in [2.05, 4.69) is 67.6 Å². The third kappa shape index (κ3) is 35.0. The maximum atomic E-state index is 15.3. The van der Waals surface area contributed by atoms with Gasteiger partial charge in [-0.25, -0.2) is 14.4 Å². The first-order chi connectivity index (χ1) is 57.8. The Bertz CT molecular complexity index is 4450. The Morgan fingerprint density at radius 3 is 1.73 bits per heavy atom. The fourth-order valence-electron chi connectivity index (χ4n) is 12.8. The van der Waals surface area contributed by atoms with Crippen LogP contribution in [-0.2, 0) is 92.3 Å². The summed E-state index contributed by atoms with van der Waals surface area (Å²) in [4.78, 5) is 197. The Morgan fingerprint density at radius 2 is 1.12 bits per heavy atom. The number of thioether (sulfide) groups is 1. The molecule has 7 rings (SSSR count). The summed E-state index contributed by atoms with van der Waals surface area (Å²) in [5, 5.41) is 29.0. The molecule has 0 aliphatic carbocycles. The van der Waals surface area contributed by atoms with Gasteiger partial charge in [0.15, 0.2) is 11.7 Å². The van der Waals surface area contributed by atoms with E-state index in [1.54, 1.807) is 77.7 Å². The summed E-state index contributed by atoms with van der Waals surface area (Å²) in [5.41, 5.74) is 27.3. The monoisotopic (exact) mass is 1760 g/mol. The van der Waals surface area contributed by atoms with Crippen LogP contribution in [0.3, 0.4) is 0 Å². The molecule has 35 nitrogen and oxygen atoms in total. The lowest BCUT2D eigenvalue weighted by Gasteiger charge is -2.30. The van der Waals surface area contributed by atoms with Gasteiger partial charge in [-0.15, -0.1) is 0 Å². The Morgan fingerprint density at radius 1 is 0.570 bits per heavy atom. The van der Waals surface area contributed by atoms with Gasteiger partial charge in [-0.2, -0.15) is 0 Å². The Balaban J connectivity index is 1.07. The molecule has 2 saturated heterocycles. The minimum Gasteiger partial charge on any atom is -0.454 e. The molecule has 2 fully saturated rings. The number of hydrogen-bond acceptors (Lipinski definition) is 24. The summed E-state index contributed by atoms with van der Waals surface area (Å²) in [6.45, 7) is 10.9. The van der Waals surface area contributed by atoms with Crippen molar-refractivity contribution in [2.75, 3.05) is 64.9 Å². The number of alkyl carbamates (subject to hydrolysis) is 2. The van der Waals surface area contributed by atoms with Gasteiger partial charge in [-0.1, -0.05) is 204 Å². The van der Waals surface area contributed by atoms with Gasteiger partial charge in [-0.05, 0) is 131 Å². The van der Waals surface area contributed by atoms with Crippen molar-refractivity contribution in [3.05, 3.63) is 152 Å². The molecule has 0 bridgehead atoms. The molecule has 0 spiro atoms. The Hall–Kier alpha value is -10.3. The van der Waals surface area contributed by atoms with Crippen LogP contribution in [0, 0.1) is 0 Å². The molecule has 11 amide bonds. The second-order valence-electron chi connectivity index (χ2n) is 31.0. The maximum absolute atomic E-state index is 15.3. The van der Waals surface area contributed by atoms with Crippen LogP contribution in [0.2, 0.25) is 0 Å². The fraction of sp³-hybridized carbons (Fsp3) is 0.519. The molecule has 4 aromatic carbocycles. The first kappa shape index (κ1) is 97.8. The highest BCUT2D eigenvalue weighted by atomic mass is 33.1. The van der Waals surface area contributed by atoms with Crippen LogP contribution in [-0.4, -0.2) is 219 Å². The van der Waals surface area contributed by atoms with E-state index in [4.69, 9.17) is 31.0 Å². The van der Waals surface area contributed by atoms with Crippen LogP contribution in [0.5, 0.6) is 0 Å². The van der Waals surface area contributed by atoms with E-state index < -0.39 is 144 Å². The lowest BCUT2D eigenvalue weighted by Crippen LogP contribution is -2.59. The van der Waals surface area contributed by atoms with Crippen LogP contribution in [0.15, 0.2) is 120 Å². The molecule has 1 aromatic heterocycles. The normalized spacial score (nSPS) is 15.3. The molecule has 8 atom stereocenters. The zero-order chi connectivity index (χ0) is 88.0. The lowest BCUT2D eigenvalue weighted by molar-refractivity contribution is -0.157. The smallest absolute Gasteiger partial charge is 0.408 e. The molecule has 40 heteroatoms. The van der Waals surface area contributed by atoms with Crippen LogP contribution in [0.4, 0.5) is 21.0 Å². The van der Waals surface area contributed by atoms with Gasteiger partial charge in [0.05, 0.1) is 6.54 Å². The number of primary amides is 1. The van der Waals surface area contributed by atoms with E-state index in [1.165, 1.54) is 42.2 Å². The van der Waals surface area contributed by atoms with E-state index in [0.717, 1.165) is 28.2 Å². The summed E-state index contributed by atoms with van der Waals surface area (Å²) in [7, 11) is 9.56. The first-order valence-corrected chi connectivity index (χ1v) is 45.4. The molecule has 2 aliphatic heterocycles. The number of para-hydroxylation sites is 1. The third-order valence-electron chi connectivity index (χ3n) is 18.7. The predicted molar refractivity (Wildman–Crippen MR) is 468 cm³/mol. The Labute approximate surface area is 723 Å². The predicted octanol–water partition coefficient (Wildman–Crippen LogP) is 9.87. The number of aromatic amines is 1. The number of aromatic nitrogens is 1. The highest BCUT2D eigenvalue weighted by Crippen LogP contribution is 2.37. The molecular formula is C81H109N19O16S5. The maximum Gasteiger partial charge on any atom is 0.408 e. The zero-order valence-electron chi connectivity index (χ0n) is 69.2. The van der Waals surface area contributed by atoms with Gasteiger partial charge < -0.3 is 82.2 Å². The molecule has 0 radical (unpaired) electrons. The average Bonchev–Trinajstić information content (AvgIpc) is 1.70. The minimum atomic E-state index is -1.53. The molecule has 11 N–H and O–H groups in total. The number of ether oxygens (including phenoxy) is 3. The van der Waals surface area contributed by atoms with Gasteiger partial charge in [0.2, 0.25) is 47.3 Å². The number of esters is 1. The SMILES string of the molecule is CN(C)CCCC[C@H](NC(=O)CNC(=O)[C@H](CSSC(C)(C)C)NC(=O)OCc1ccc(N=[N+]=[N-])cc1)C(=O)N[C@@H](Cc1c[nH]c2ccccc12)C(=O)N[C@@H](CCSSC(C)(C)C)C(=O)N1CCC[C@H]1C(=O)OCC(=O)N[C@@H](CCCCNC(=O)OCc1ccc(N=[N+]=[N-])cc1)C(=O)N[C@@H](CC(=O)SCc1ccccc1)C(=O)N1CCC[C@H]1C(N)=O. The average molecular weight is 1770 g/mol. The topological polar surface area (TPSA) is 495 Å². The molecule has 121 heavy (non-hydrogen) atoms. The molecule has 654 valence electrons. The van der Waals surface area contributed by atoms with Crippen molar-refractivity contribution in [1.29, 1.82) is 0 Å². The standard InChI is InChI=1S/C81H109N19O16S5/c1-80(2,3)120-118-41-36-61(90-74(108)62(42-54-44-86-58-23-13-12-22-57(54)58)91-72(106)59(25-15-17-38-98(7)8)88-67(101)45-87-71(105)64(50-119-121-81(4,5)6)93-79(113)116-47-52-30-34-56(35-31-52)95-97-84)75(109)100-40-19-27-66(100)77(111)114-48-68(102)89-60(24-14-16-37-85-78(112)115-46-51-28-32-55(33-29-51)94-96-83)73(107)92-63(76(110)99-39-18-26-65(99)70(82)104)43-69(103)117-49-53-20-10-9-11-21-53/h9-13,20-23,28-35,44,59-66,86H,14-19,24-27,36-43,45-50H2,1-8H3,(H2,82,104)(H,85,112)(H,87,105)(H,88,101)(H,89,102)(H,90,108)(H,91,106)(H,92,107)(H,93,113)/t59-,60-,61-,62-,63-,64-,65-,66-/m0/s1. The lowest BCUT2D eigenvalue weighted by atomic mass is 10.0. The van der Waals surface area contributed by atoms with Gasteiger partial charge in [0.1, 0.15) is 61.5 Å². The van der Waals surface area contributed by atoms with Crippen molar-refractivity contribution < 1.29 is 76.5 Å². The second kappa shape index (κ2) is 50.2. The summed E-state index contributed by atoms with van der Waals surface area (Å²) < 4.78 is 16.0. The number of fused-ring (bicyclic) bond motifs is 1. The minimum absolute atomic E-state index is 0.0249. The number of carbonyl (C=O) groups excluding carboxylic acids is 13. The number of carbonyl (C=O) groups is 13. The number of benzene rings is 4. The number of nitrogens with two attached hydrogens (primary N) is 1. The van der Waals surface area contributed by atoms with Crippen molar-refractivity contribution in [1.82, 2.24) is 62.2 Å². The quantitative estimate of drug-likeness (QED) is 0.00329. The largest absolute Gasteiger partial charge is 0.454 e. The van der Waals surface area contributed by atoms with E-state index >= 15 is 14.4 Å². The van der Waals surface area contributed by atoms with Crippen LogP contribution >= 0.6 is 54.9 Å². The van der Waals surface area contributed by atoms with Gasteiger partial charge in [-0.3, -0.25) is 47.9 Å². The molecule has 3 heterocycles. The van der Waals surface area contributed by atoms with Crippen molar-refractivity contribution in [2.45, 2.75) is 202 Å². The molecule has 0 unspecified atom stereocenters. The van der Waals surface area contributed by atoms with Gasteiger partial charge >= 0.3 is 18.2 Å². The zero-order valence-corrected chi connectivity index (χ0v) is 73.2.